The van der Waals surface area contributed by atoms with Gasteiger partial charge < -0.3 is 9.80 Å². The van der Waals surface area contributed by atoms with Gasteiger partial charge in [0.25, 0.3) is 0 Å². The summed E-state index contributed by atoms with van der Waals surface area (Å²) in [4.78, 5) is 25.9. The summed E-state index contributed by atoms with van der Waals surface area (Å²) >= 11 is 0. The lowest BCUT2D eigenvalue weighted by molar-refractivity contribution is -0.135. The molecule has 0 unspecified atom stereocenters. The number of hydrogen-bond donors (Lipinski definition) is 0. The number of carbonyl (C=O) groups excluding carboxylic acids is 1. The van der Waals surface area contributed by atoms with Crippen LogP contribution in [0.15, 0.2) is 36.7 Å². The number of likely N-dealkylation sites (tertiary alicyclic amines) is 1. The van der Waals surface area contributed by atoms with Crippen molar-refractivity contribution >= 4 is 11.7 Å². The van der Waals surface area contributed by atoms with E-state index in [-0.39, 0.29) is 11.7 Å². The number of halogens is 1. The molecule has 142 valence electrons. The van der Waals surface area contributed by atoms with Crippen LogP contribution in [0.1, 0.15) is 36.9 Å². The molecular formula is C21H25FN4O. The first-order valence-electron chi connectivity index (χ1n) is 9.56. The summed E-state index contributed by atoms with van der Waals surface area (Å²) in [5, 5.41) is 0. The highest BCUT2D eigenvalue weighted by molar-refractivity contribution is 5.91. The molecule has 6 heteroatoms. The summed E-state index contributed by atoms with van der Waals surface area (Å²) in [5.41, 5.74) is 1.48. The Kier molecular flexibility index (Phi) is 4.58. The highest BCUT2D eigenvalue weighted by Crippen LogP contribution is 2.50. The van der Waals surface area contributed by atoms with E-state index in [4.69, 9.17) is 0 Å². The Morgan fingerprint density at radius 1 is 1.19 bits per heavy atom. The van der Waals surface area contributed by atoms with E-state index in [0.717, 1.165) is 55.8 Å². The first kappa shape index (κ1) is 17.9. The summed E-state index contributed by atoms with van der Waals surface area (Å²) in [5.74, 6) is 0.871. The molecular weight excluding hydrogens is 343 g/mol. The van der Waals surface area contributed by atoms with Crippen molar-refractivity contribution in [3.8, 4) is 0 Å². The fourth-order valence-corrected chi connectivity index (χ4v) is 4.10. The van der Waals surface area contributed by atoms with Gasteiger partial charge in [-0.25, -0.2) is 14.4 Å². The number of nitrogens with zero attached hydrogens (tertiary/aromatic N) is 4. The van der Waals surface area contributed by atoms with Gasteiger partial charge >= 0.3 is 0 Å². The Hall–Kier alpha value is -2.50. The molecule has 5 nitrogen and oxygen atoms in total. The van der Waals surface area contributed by atoms with Gasteiger partial charge in [-0.1, -0.05) is 12.1 Å². The maximum absolute atomic E-state index is 13.2. The van der Waals surface area contributed by atoms with Crippen molar-refractivity contribution < 1.29 is 9.18 Å². The van der Waals surface area contributed by atoms with Gasteiger partial charge in [-0.2, -0.15) is 0 Å². The molecule has 1 aliphatic heterocycles. The van der Waals surface area contributed by atoms with Crippen molar-refractivity contribution in [2.45, 2.75) is 44.1 Å². The number of aromatic nitrogens is 2. The van der Waals surface area contributed by atoms with E-state index in [1.807, 2.05) is 17.9 Å². The second kappa shape index (κ2) is 6.91. The standard InChI is InChI=1S/C21H25FN4O/c1-15-13-19(24-14-23-15)25(2)18-7-11-26(12-8-18)20(27)21(9-10-21)16-3-5-17(22)6-4-16/h3-6,13-14,18H,7-12H2,1-2H3. The van der Waals surface area contributed by atoms with Gasteiger partial charge in [0.15, 0.2) is 0 Å². The average molecular weight is 368 g/mol. The van der Waals surface area contributed by atoms with Crippen molar-refractivity contribution in [3.05, 3.63) is 53.7 Å². The van der Waals surface area contributed by atoms with Crippen LogP contribution in [0, 0.1) is 12.7 Å². The lowest BCUT2D eigenvalue weighted by atomic mass is 9.92. The Balaban J connectivity index is 1.40. The zero-order valence-corrected chi connectivity index (χ0v) is 15.9. The molecule has 27 heavy (non-hydrogen) atoms. The van der Waals surface area contributed by atoms with Gasteiger partial charge in [0, 0.05) is 37.9 Å². The minimum Gasteiger partial charge on any atom is -0.356 e. The molecule has 1 aliphatic carbocycles. The third kappa shape index (κ3) is 3.40. The summed E-state index contributed by atoms with van der Waals surface area (Å²) in [6.07, 6.45) is 5.16. The third-order valence-corrected chi connectivity index (χ3v) is 6.01. The van der Waals surface area contributed by atoms with Gasteiger partial charge in [-0.3, -0.25) is 4.79 Å². The number of piperidine rings is 1. The van der Waals surface area contributed by atoms with E-state index >= 15 is 0 Å². The minimum atomic E-state index is -0.420. The maximum atomic E-state index is 13.2. The van der Waals surface area contributed by atoms with Crippen LogP contribution in [0.2, 0.25) is 0 Å². The van der Waals surface area contributed by atoms with Crippen molar-refractivity contribution in [3.63, 3.8) is 0 Å². The van der Waals surface area contributed by atoms with Crippen LogP contribution in [0.4, 0.5) is 10.2 Å². The summed E-state index contributed by atoms with van der Waals surface area (Å²) in [7, 11) is 2.06. The van der Waals surface area contributed by atoms with Crippen molar-refractivity contribution in [1.82, 2.24) is 14.9 Å². The maximum Gasteiger partial charge on any atom is 0.233 e. The molecule has 1 amide bonds. The van der Waals surface area contributed by atoms with Gasteiger partial charge in [0.2, 0.25) is 5.91 Å². The van der Waals surface area contributed by atoms with Crippen LogP contribution >= 0.6 is 0 Å². The van der Waals surface area contributed by atoms with E-state index in [9.17, 15) is 9.18 Å². The molecule has 0 N–H and O–H groups in total. The molecule has 2 aliphatic rings. The predicted molar refractivity (Wildman–Crippen MR) is 102 cm³/mol. The second-order valence-electron chi connectivity index (χ2n) is 7.74. The van der Waals surface area contributed by atoms with E-state index < -0.39 is 5.41 Å². The zero-order chi connectivity index (χ0) is 19.0. The summed E-state index contributed by atoms with van der Waals surface area (Å²) < 4.78 is 13.2. The molecule has 0 radical (unpaired) electrons. The normalized spacial score (nSPS) is 19.0. The highest BCUT2D eigenvalue weighted by atomic mass is 19.1. The minimum absolute atomic E-state index is 0.202. The molecule has 0 bridgehead atoms. The average Bonchev–Trinajstić information content (AvgIpc) is 3.49. The first-order valence-corrected chi connectivity index (χ1v) is 9.56. The Bertz CT molecular complexity index is 826. The smallest absolute Gasteiger partial charge is 0.233 e. The Morgan fingerprint density at radius 2 is 1.85 bits per heavy atom. The fourth-order valence-electron chi connectivity index (χ4n) is 4.10. The van der Waals surface area contributed by atoms with E-state index in [1.165, 1.54) is 12.1 Å². The lowest BCUT2D eigenvalue weighted by Crippen LogP contribution is -2.48. The van der Waals surface area contributed by atoms with Gasteiger partial charge in [0.05, 0.1) is 5.41 Å². The molecule has 0 atom stereocenters. The number of anilines is 1. The quantitative estimate of drug-likeness (QED) is 0.832. The molecule has 2 heterocycles. The second-order valence-corrected chi connectivity index (χ2v) is 7.74. The van der Waals surface area contributed by atoms with E-state index in [0.29, 0.717) is 6.04 Å². The van der Waals surface area contributed by atoms with E-state index in [2.05, 4.69) is 21.9 Å². The molecule has 2 aromatic rings. The Labute approximate surface area is 159 Å². The molecule has 4 rings (SSSR count). The number of amides is 1. The summed E-state index contributed by atoms with van der Waals surface area (Å²) in [6, 6.07) is 8.78. The highest BCUT2D eigenvalue weighted by Gasteiger charge is 2.53. The van der Waals surface area contributed by atoms with Crippen molar-refractivity contribution in [2.24, 2.45) is 0 Å². The van der Waals surface area contributed by atoms with Crippen LogP contribution in [0.3, 0.4) is 0 Å². The largest absolute Gasteiger partial charge is 0.356 e. The number of benzene rings is 1. The zero-order valence-electron chi connectivity index (χ0n) is 15.9. The lowest BCUT2D eigenvalue weighted by Gasteiger charge is -2.38. The van der Waals surface area contributed by atoms with Gasteiger partial charge in [-0.15, -0.1) is 0 Å². The Morgan fingerprint density at radius 3 is 2.44 bits per heavy atom. The van der Waals surface area contributed by atoms with Gasteiger partial charge in [0.1, 0.15) is 18.0 Å². The molecule has 2 fully saturated rings. The van der Waals surface area contributed by atoms with Crippen LogP contribution in [-0.2, 0) is 10.2 Å². The van der Waals surface area contributed by atoms with Crippen molar-refractivity contribution in [2.75, 3.05) is 25.0 Å². The fraction of sp³-hybridized carbons (Fsp3) is 0.476. The monoisotopic (exact) mass is 368 g/mol. The van der Waals surface area contributed by atoms with Crippen LogP contribution in [-0.4, -0.2) is 47.0 Å². The predicted octanol–water partition coefficient (Wildman–Crippen LogP) is 3.08. The topological polar surface area (TPSA) is 49.3 Å². The number of rotatable bonds is 4. The van der Waals surface area contributed by atoms with Crippen LogP contribution in [0.25, 0.3) is 0 Å². The molecule has 1 aromatic heterocycles. The number of hydrogen-bond acceptors (Lipinski definition) is 4. The van der Waals surface area contributed by atoms with Crippen molar-refractivity contribution in [1.29, 1.82) is 0 Å². The number of aryl methyl sites for hydroxylation is 1. The molecule has 1 aromatic carbocycles. The number of carbonyl (C=O) groups is 1. The van der Waals surface area contributed by atoms with Crippen LogP contribution < -0.4 is 4.90 Å². The third-order valence-electron chi connectivity index (χ3n) is 6.01. The SMILES string of the molecule is Cc1cc(N(C)C2CCN(C(=O)C3(c4ccc(F)cc4)CC3)CC2)ncn1. The molecule has 1 saturated heterocycles. The van der Waals surface area contributed by atoms with Crippen LogP contribution in [0.5, 0.6) is 0 Å². The summed E-state index contributed by atoms with van der Waals surface area (Å²) in [6.45, 7) is 3.46. The molecule has 0 spiro atoms. The van der Waals surface area contributed by atoms with Gasteiger partial charge in [-0.05, 0) is 50.3 Å². The van der Waals surface area contributed by atoms with E-state index in [1.54, 1.807) is 18.5 Å². The first-order chi connectivity index (χ1) is 13.0. The molecule has 1 saturated carbocycles.